The van der Waals surface area contributed by atoms with Gasteiger partial charge in [-0.25, -0.2) is 4.98 Å². The molecule has 0 fully saturated rings. The summed E-state index contributed by atoms with van der Waals surface area (Å²) in [6.45, 7) is 11.1. The number of quaternary nitrogens is 1. The van der Waals surface area contributed by atoms with Crippen molar-refractivity contribution in [3.05, 3.63) is 23.4 Å². The molecule has 0 unspecified atom stereocenters. The summed E-state index contributed by atoms with van der Waals surface area (Å²) in [6.07, 6.45) is 0. The van der Waals surface area contributed by atoms with E-state index in [1.807, 2.05) is 33.8 Å². The van der Waals surface area contributed by atoms with Gasteiger partial charge in [0.05, 0.1) is 0 Å². The average Bonchev–Trinajstić information content (AvgIpc) is 2.35. The van der Waals surface area contributed by atoms with E-state index in [9.17, 15) is 8.42 Å². The van der Waals surface area contributed by atoms with E-state index >= 15 is 0 Å². The Balaban J connectivity index is 3.17. The van der Waals surface area contributed by atoms with Crippen molar-refractivity contribution in [3.8, 4) is 0 Å². The third-order valence-electron chi connectivity index (χ3n) is 3.32. The molecule has 19 heavy (non-hydrogen) atoms. The molecule has 0 aromatic carbocycles. The topological polar surface area (TPSA) is 56.3 Å². The zero-order chi connectivity index (χ0) is 14.7. The maximum Gasteiger partial charge on any atom is 0.360 e. The van der Waals surface area contributed by atoms with Crippen LogP contribution < -0.4 is 0 Å². The van der Waals surface area contributed by atoms with Crippen LogP contribution in [0.5, 0.6) is 0 Å². The fourth-order valence-corrected chi connectivity index (χ4v) is 3.40. The van der Waals surface area contributed by atoms with E-state index in [1.165, 1.54) is 6.07 Å². The number of aromatic nitrogens is 1. The lowest BCUT2D eigenvalue weighted by Crippen LogP contribution is -2.48. The van der Waals surface area contributed by atoms with Crippen molar-refractivity contribution in [3.63, 3.8) is 0 Å². The molecule has 0 aliphatic rings. The van der Waals surface area contributed by atoms with E-state index in [2.05, 4.69) is 4.98 Å². The average molecular weight is 287 g/mol. The molecule has 0 atom stereocenters. The summed E-state index contributed by atoms with van der Waals surface area (Å²) in [5, 5.41) is -0.0112. The Morgan fingerprint density at radius 3 is 2.05 bits per heavy atom. The van der Waals surface area contributed by atoms with Crippen LogP contribution in [0.1, 0.15) is 32.0 Å². The van der Waals surface area contributed by atoms with Gasteiger partial charge in [-0.05, 0) is 52.3 Å². The lowest BCUT2D eigenvalue weighted by Gasteiger charge is -2.30. The van der Waals surface area contributed by atoms with E-state index < -0.39 is 10.1 Å². The van der Waals surface area contributed by atoms with E-state index in [0.29, 0.717) is 25.3 Å². The van der Waals surface area contributed by atoms with E-state index in [4.69, 9.17) is 4.28 Å². The highest BCUT2D eigenvalue weighted by atomic mass is 32.2. The van der Waals surface area contributed by atoms with Gasteiger partial charge < -0.3 is 0 Å². The van der Waals surface area contributed by atoms with Crippen LogP contribution in [0.3, 0.4) is 0 Å². The van der Waals surface area contributed by atoms with Gasteiger partial charge in [0.15, 0.2) is 5.03 Å². The second-order valence-electron chi connectivity index (χ2n) is 4.66. The van der Waals surface area contributed by atoms with E-state index in [-0.39, 0.29) is 9.67 Å². The quantitative estimate of drug-likeness (QED) is 0.594. The third kappa shape index (κ3) is 3.75. The van der Waals surface area contributed by atoms with Gasteiger partial charge in [0.2, 0.25) is 0 Å². The van der Waals surface area contributed by atoms with Crippen molar-refractivity contribution < 1.29 is 17.3 Å². The molecule has 1 aromatic heterocycles. The smallest absolute Gasteiger partial charge is 0.239 e. The van der Waals surface area contributed by atoms with Crippen LogP contribution in [0.15, 0.2) is 17.2 Å². The Hall–Kier alpha value is -0.980. The molecule has 0 amide bonds. The minimum Gasteiger partial charge on any atom is -0.239 e. The molecule has 5 nitrogen and oxygen atoms in total. The predicted molar refractivity (Wildman–Crippen MR) is 73.9 cm³/mol. The van der Waals surface area contributed by atoms with Crippen LogP contribution >= 0.6 is 0 Å². The number of rotatable bonds is 6. The number of pyridine rings is 1. The van der Waals surface area contributed by atoms with Crippen molar-refractivity contribution in [2.75, 3.05) is 19.6 Å². The number of hydrogen-bond donors (Lipinski definition) is 0. The van der Waals surface area contributed by atoms with Crippen LogP contribution in [0, 0.1) is 13.8 Å². The van der Waals surface area contributed by atoms with Crippen LogP contribution in [0.25, 0.3) is 0 Å². The molecule has 1 rings (SSSR count). The molecule has 0 aliphatic carbocycles. The summed E-state index contributed by atoms with van der Waals surface area (Å²) in [5.41, 5.74) is 1.53. The second kappa shape index (κ2) is 5.98. The maximum atomic E-state index is 12.3. The Kier molecular flexibility index (Phi) is 5.06. The number of nitrogens with zero attached hydrogens (tertiary/aromatic N) is 2. The molecule has 6 heteroatoms. The van der Waals surface area contributed by atoms with Gasteiger partial charge in [0.25, 0.3) is 0 Å². The first-order valence-electron chi connectivity index (χ1n) is 6.56. The van der Waals surface area contributed by atoms with E-state index in [0.717, 1.165) is 5.56 Å². The Labute approximate surface area is 115 Å². The Morgan fingerprint density at radius 1 is 1.11 bits per heavy atom. The van der Waals surface area contributed by atoms with Crippen LogP contribution in [-0.2, 0) is 14.4 Å². The molecular formula is C13H23N2O3S+. The van der Waals surface area contributed by atoms with Gasteiger partial charge >= 0.3 is 10.1 Å². The lowest BCUT2D eigenvalue weighted by atomic mass is 10.3. The molecule has 0 N–H and O–H groups in total. The maximum absolute atomic E-state index is 12.3. The first kappa shape index (κ1) is 16.1. The molecule has 1 heterocycles. The molecule has 0 saturated heterocycles. The summed E-state index contributed by atoms with van der Waals surface area (Å²) in [4.78, 5) is 4.07. The highest BCUT2D eigenvalue weighted by molar-refractivity contribution is 7.86. The fourth-order valence-electron chi connectivity index (χ4n) is 2.01. The monoisotopic (exact) mass is 287 g/mol. The van der Waals surface area contributed by atoms with Gasteiger partial charge in [-0.2, -0.15) is 13.1 Å². The Bertz CT molecular complexity index is 508. The minimum absolute atomic E-state index is 0.0112. The predicted octanol–water partition coefficient (Wildman–Crippen LogP) is 2.20. The molecule has 0 spiro atoms. The molecule has 0 saturated carbocycles. The van der Waals surface area contributed by atoms with Crippen LogP contribution in [-0.4, -0.2) is 37.7 Å². The number of hydroxylamine groups is 3. The zero-order valence-electron chi connectivity index (χ0n) is 12.3. The second-order valence-corrected chi connectivity index (χ2v) is 6.14. The highest BCUT2D eigenvalue weighted by Gasteiger charge is 2.33. The van der Waals surface area contributed by atoms with Gasteiger partial charge in [0.1, 0.15) is 19.6 Å². The van der Waals surface area contributed by atoms with Crippen LogP contribution in [0.4, 0.5) is 0 Å². The minimum atomic E-state index is -3.84. The van der Waals surface area contributed by atoms with Gasteiger partial charge in [-0.15, -0.1) is 0 Å². The Morgan fingerprint density at radius 2 is 1.63 bits per heavy atom. The molecular weight excluding hydrogens is 264 g/mol. The number of aryl methyl sites for hydroxylation is 2. The van der Waals surface area contributed by atoms with Gasteiger partial charge in [-0.1, -0.05) is 4.28 Å². The summed E-state index contributed by atoms with van der Waals surface area (Å²) in [5.74, 6) is 0. The first-order chi connectivity index (χ1) is 8.78. The van der Waals surface area contributed by atoms with Crippen molar-refractivity contribution >= 4 is 10.1 Å². The summed E-state index contributed by atoms with van der Waals surface area (Å²) in [7, 11) is -3.84. The largest absolute Gasteiger partial charge is 0.360 e. The van der Waals surface area contributed by atoms with Crippen molar-refractivity contribution in [1.82, 2.24) is 4.98 Å². The molecule has 0 bridgehead atoms. The van der Waals surface area contributed by atoms with Crippen LogP contribution in [0.2, 0.25) is 0 Å². The summed E-state index contributed by atoms with van der Waals surface area (Å²) >= 11 is 0. The molecule has 108 valence electrons. The van der Waals surface area contributed by atoms with Gasteiger partial charge in [-0.3, -0.25) is 0 Å². The molecule has 0 aliphatic heterocycles. The molecule has 1 aromatic rings. The summed E-state index contributed by atoms with van der Waals surface area (Å²) < 4.78 is 30.2. The van der Waals surface area contributed by atoms with E-state index in [1.54, 1.807) is 6.92 Å². The third-order valence-corrected chi connectivity index (χ3v) is 4.55. The highest BCUT2D eigenvalue weighted by Crippen LogP contribution is 2.19. The standard InChI is InChI=1S/C13H23N2O3S/c1-6-15(7-2,8-3)18-19(16,17)13-10-11(4)9-12(5)14-13/h9-10H,6-8H2,1-5H3/q+1. The zero-order valence-corrected chi connectivity index (χ0v) is 13.1. The first-order valence-corrected chi connectivity index (χ1v) is 7.97. The SMILES string of the molecule is CC[N+](CC)(CC)OS(=O)(=O)c1cc(C)cc(C)n1. The fraction of sp³-hybridized carbons (Fsp3) is 0.615. The van der Waals surface area contributed by atoms with Crippen molar-refractivity contribution in [2.45, 2.75) is 39.6 Å². The summed E-state index contributed by atoms with van der Waals surface area (Å²) in [6, 6.07) is 3.37. The molecule has 0 radical (unpaired) electrons. The lowest BCUT2D eigenvalue weighted by molar-refractivity contribution is -1.08. The number of hydrogen-bond acceptors (Lipinski definition) is 4. The normalized spacial score (nSPS) is 12.7. The van der Waals surface area contributed by atoms with Gasteiger partial charge in [0, 0.05) is 5.69 Å². The van der Waals surface area contributed by atoms with Crippen molar-refractivity contribution in [2.24, 2.45) is 0 Å². The van der Waals surface area contributed by atoms with Crippen molar-refractivity contribution in [1.29, 1.82) is 0 Å².